The van der Waals surface area contributed by atoms with Gasteiger partial charge in [-0.05, 0) is 64.2 Å². The quantitative estimate of drug-likeness (QED) is 0.174. The van der Waals surface area contributed by atoms with Gasteiger partial charge in [0.2, 0.25) is 11.8 Å². The van der Waals surface area contributed by atoms with Gasteiger partial charge in [-0.3, -0.25) is 9.59 Å². The van der Waals surface area contributed by atoms with Crippen LogP contribution in [0.25, 0.3) is 0 Å². The Morgan fingerprint density at radius 3 is 2.39 bits per heavy atom. The van der Waals surface area contributed by atoms with E-state index in [2.05, 4.69) is 24.5 Å². The molecule has 38 heavy (non-hydrogen) atoms. The van der Waals surface area contributed by atoms with Gasteiger partial charge < -0.3 is 36.7 Å². The minimum Gasteiger partial charge on any atom is -0.492 e. The lowest BCUT2D eigenvalue weighted by molar-refractivity contribution is -0.130. The number of halogens is 1. The number of nitrogens with two attached hydrogens (primary N) is 2. The number of ether oxygens (including phenoxy) is 2. The van der Waals surface area contributed by atoms with E-state index in [1.807, 2.05) is 32.0 Å². The van der Waals surface area contributed by atoms with Crippen LogP contribution in [-0.2, 0) is 20.7 Å². The molecule has 0 unspecified atom stereocenters. The van der Waals surface area contributed by atoms with Crippen molar-refractivity contribution in [1.29, 1.82) is 0 Å². The fourth-order valence-electron chi connectivity index (χ4n) is 3.90. The molecule has 0 aliphatic carbocycles. The van der Waals surface area contributed by atoms with Crippen LogP contribution < -0.4 is 26.8 Å². The molecular weight excluding hydrogens is 508 g/mol. The zero-order valence-corrected chi connectivity index (χ0v) is 24.9. The van der Waals surface area contributed by atoms with Crippen molar-refractivity contribution < 1.29 is 24.2 Å². The molecule has 0 spiro atoms. The van der Waals surface area contributed by atoms with E-state index in [9.17, 15) is 14.7 Å². The first-order chi connectivity index (χ1) is 17.6. The molecular formula is C28H49ClN4O5. The average Bonchev–Trinajstić information content (AvgIpc) is 2.83. The highest BCUT2D eigenvalue weighted by molar-refractivity contribution is 6.32. The van der Waals surface area contributed by atoms with Crippen LogP contribution in [0, 0.1) is 17.3 Å². The van der Waals surface area contributed by atoms with Crippen LogP contribution in [0.4, 0.5) is 0 Å². The van der Waals surface area contributed by atoms with Gasteiger partial charge in [0.1, 0.15) is 5.75 Å². The number of hydrogen-bond donors (Lipinski definition) is 5. The fraction of sp³-hybridized carbons (Fsp3) is 0.714. The van der Waals surface area contributed by atoms with E-state index in [-0.39, 0.29) is 30.3 Å². The first-order valence-corrected chi connectivity index (χ1v) is 13.6. The molecule has 7 N–H and O–H groups in total. The van der Waals surface area contributed by atoms with Gasteiger partial charge in [-0.15, -0.1) is 0 Å². The molecule has 3 atom stereocenters. The Balaban J connectivity index is 2.68. The molecule has 9 nitrogen and oxygen atoms in total. The predicted octanol–water partition coefficient (Wildman–Crippen LogP) is 2.64. The Kier molecular flexibility index (Phi) is 14.0. The van der Waals surface area contributed by atoms with Crippen LogP contribution in [0.1, 0.15) is 59.9 Å². The third-order valence-corrected chi connectivity index (χ3v) is 7.02. The number of nitrogens with one attached hydrogen (secondary N) is 2. The van der Waals surface area contributed by atoms with Crippen LogP contribution >= 0.6 is 11.6 Å². The standard InChI is InChI=1S/C28H49ClN4O5/c1-18(2)20(25(35)32-17-27(3,4)26(31)36)14-23(34)22(30)16-33-28(5,6)15-19-9-10-21(29)24(13-19)38-12-8-11-37-7/h9-10,13,18,20,22-23,33-34H,8,11-12,14-17,30H2,1-7H3,(H2,31,36)(H,32,35)/t20-,22-,23-/m0/s1. The molecule has 0 saturated heterocycles. The Morgan fingerprint density at radius 2 is 1.82 bits per heavy atom. The van der Waals surface area contributed by atoms with E-state index >= 15 is 0 Å². The molecule has 0 bridgehead atoms. The third-order valence-electron chi connectivity index (χ3n) is 6.71. The van der Waals surface area contributed by atoms with Gasteiger partial charge >= 0.3 is 0 Å². The lowest BCUT2D eigenvalue weighted by Crippen LogP contribution is -2.52. The summed E-state index contributed by atoms with van der Waals surface area (Å²) in [6, 6.07) is 5.16. The average molecular weight is 557 g/mol. The van der Waals surface area contributed by atoms with Gasteiger partial charge in [-0.1, -0.05) is 31.5 Å². The number of rotatable bonds is 18. The lowest BCUT2D eigenvalue weighted by Gasteiger charge is -2.31. The Hall–Kier alpha value is -1.91. The number of benzene rings is 1. The highest BCUT2D eigenvalue weighted by Crippen LogP contribution is 2.27. The Bertz CT molecular complexity index is 894. The van der Waals surface area contributed by atoms with E-state index < -0.39 is 29.4 Å². The number of methoxy groups -OCH3 is 1. The third kappa shape index (κ3) is 11.9. The van der Waals surface area contributed by atoms with E-state index in [1.165, 1.54) is 0 Å². The van der Waals surface area contributed by atoms with Gasteiger partial charge in [0.25, 0.3) is 0 Å². The van der Waals surface area contributed by atoms with Crippen molar-refractivity contribution >= 4 is 23.4 Å². The van der Waals surface area contributed by atoms with Crippen molar-refractivity contribution in [2.45, 2.75) is 78.5 Å². The highest BCUT2D eigenvalue weighted by atomic mass is 35.5. The maximum atomic E-state index is 12.8. The van der Waals surface area contributed by atoms with Crippen molar-refractivity contribution in [2.75, 3.05) is 33.4 Å². The largest absolute Gasteiger partial charge is 0.492 e. The molecule has 2 amide bonds. The van der Waals surface area contributed by atoms with E-state index in [0.29, 0.717) is 37.0 Å². The van der Waals surface area contributed by atoms with Crippen molar-refractivity contribution in [2.24, 2.45) is 28.7 Å². The van der Waals surface area contributed by atoms with Crippen molar-refractivity contribution in [3.63, 3.8) is 0 Å². The molecule has 0 aliphatic rings. The van der Waals surface area contributed by atoms with E-state index in [4.69, 9.17) is 32.5 Å². The molecule has 1 aromatic carbocycles. The topological polar surface area (TPSA) is 149 Å². The molecule has 218 valence electrons. The summed E-state index contributed by atoms with van der Waals surface area (Å²) in [5.41, 5.74) is 11.6. The number of hydrogen-bond acceptors (Lipinski definition) is 7. The zero-order valence-electron chi connectivity index (χ0n) is 24.1. The number of primary amides is 1. The highest BCUT2D eigenvalue weighted by Gasteiger charge is 2.31. The summed E-state index contributed by atoms with van der Waals surface area (Å²) in [7, 11) is 1.66. The second-order valence-electron chi connectivity index (χ2n) is 11.7. The van der Waals surface area contributed by atoms with Gasteiger partial charge in [-0.2, -0.15) is 0 Å². The van der Waals surface area contributed by atoms with Crippen molar-refractivity contribution in [1.82, 2.24) is 10.6 Å². The molecule has 0 aromatic heterocycles. The molecule has 0 fully saturated rings. The minimum atomic E-state index is -0.886. The van der Waals surface area contributed by atoms with Crippen LogP contribution in [0.5, 0.6) is 5.75 Å². The molecule has 0 heterocycles. The number of carbonyl (C=O) groups is 2. The lowest BCUT2D eigenvalue weighted by atomic mass is 9.86. The Labute approximate surface area is 233 Å². The monoisotopic (exact) mass is 556 g/mol. The number of amides is 2. The summed E-state index contributed by atoms with van der Waals surface area (Å²) in [5, 5.41) is 17.6. The van der Waals surface area contributed by atoms with Crippen LogP contribution in [0.15, 0.2) is 18.2 Å². The predicted molar refractivity (Wildman–Crippen MR) is 152 cm³/mol. The summed E-state index contributed by atoms with van der Waals surface area (Å²) < 4.78 is 10.9. The summed E-state index contributed by atoms with van der Waals surface area (Å²) in [5.74, 6) is -0.547. The number of aliphatic hydroxyl groups excluding tert-OH is 1. The van der Waals surface area contributed by atoms with Crippen LogP contribution in [0.3, 0.4) is 0 Å². The molecule has 10 heteroatoms. The van der Waals surface area contributed by atoms with Crippen molar-refractivity contribution in [3.05, 3.63) is 28.8 Å². The summed E-state index contributed by atoms with van der Waals surface area (Å²) in [6.45, 7) is 13.0. The SMILES string of the molecule is COCCCOc1cc(CC(C)(C)NC[C@H](N)[C@@H](O)C[C@H](C(=O)NCC(C)(C)C(N)=O)C(C)C)ccc1Cl. The smallest absolute Gasteiger partial charge is 0.224 e. The van der Waals surface area contributed by atoms with E-state index in [1.54, 1.807) is 21.0 Å². The number of carbonyl (C=O) groups excluding carboxylic acids is 2. The normalized spacial score (nSPS) is 14.7. The van der Waals surface area contributed by atoms with E-state index in [0.717, 1.165) is 12.0 Å². The first-order valence-electron chi connectivity index (χ1n) is 13.3. The molecule has 0 radical (unpaired) electrons. The van der Waals surface area contributed by atoms with Gasteiger partial charge in [-0.25, -0.2) is 0 Å². The first kappa shape index (κ1) is 34.1. The van der Waals surface area contributed by atoms with Crippen LogP contribution in [0.2, 0.25) is 5.02 Å². The second kappa shape index (κ2) is 15.6. The summed E-state index contributed by atoms with van der Waals surface area (Å²) in [4.78, 5) is 24.4. The number of aliphatic hydroxyl groups is 1. The second-order valence-corrected chi connectivity index (χ2v) is 12.1. The summed E-state index contributed by atoms with van der Waals surface area (Å²) in [6.07, 6.45) is 0.789. The molecule has 0 aliphatic heterocycles. The maximum absolute atomic E-state index is 12.8. The maximum Gasteiger partial charge on any atom is 0.224 e. The fourth-order valence-corrected chi connectivity index (χ4v) is 4.07. The van der Waals surface area contributed by atoms with Crippen LogP contribution in [-0.4, -0.2) is 68.0 Å². The molecule has 1 rings (SSSR count). The van der Waals surface area contributed by atoms with Gasteiger partial charge in [0, 0.05) is 50.7 Å². The Morgan fingerprint density at radius 1 is 1.16 bits per heavy atom. The minimum absolute atomic E-state index is 0.0197. The van der Waals surface area contributed by atoms with Gasteiger partial charge in [0.05, 0.1) is 23.1 Å². The molecule has 0 saturated carbocycles. The zero-order chi connectivity index (χ0) is 29.1. The van der Waals surface area contributed by atoms with Crippen molar-refractivity contribution in [3.8, 4) is 5.75 Å². The summed E-state index contributed by atoms with van der Waals surface area (Å²) >= 11 is 6.29. The molecule has 1 aromatic rings. The van der Waals surface area contributed by atoms with Gasteiger partial charge in [0.15, 0.2) is 0 Å².